The van der Waals surface area contributed by atoms with Crippen molar-refractivity contribution in [1.82, 2.24) is 0 Å². The predicted octanol–water partition coefficient (Wildman–Crippen LogP) is 3.91. The molecular formula is C26H54O8. The van der Waals surface area contributed by atoms with Crippen LogP contribution in [0.3, 0.4) is 0 Å². The minimum Gasteiger partial charge on any atom is -0.391 e. The SMILES string of the molecule is CCCCCCCCC(OCC(O)CC)C(OCC(O)CC)(OCC(O)CC)OCC(O)CC. The lowest BCUT2D eigenvalue weighted by molar-refractivity contribution is -0.428. The zero-order valence-corrected chi connectivity index (χ0v) is 22.4. The summed E-state index contributed by atoms with van der Waals surface area (Å²) >= 11 is 0. The van der Waals surface area contributed by atoms with Gasteiger partial charge in [-0.25, -0.2) is 0 Å². The van der Waals surface area contributed by atoms with Crippen molar-refractivity contribution in [1.29, 1.82) is 0 Å². The summed E-state index contributed by atoms with van der Waals surface area (Å²) < 4.78 is 24.3. The van der Waals surface area contributed by atoms with Crippen LogP contribution in [0, 0.1) is 0 Å². The zero-order chi connectivity index (χ0) is 25.8. The summed E-state index contributed by atoms with van der Waals surface area (Å²) in [5.41, 5.74) is 0. The molecule has 0 aliphatic rings. The summed E-state index contributed by atoms with van der Waals surface area (Å²) in [5, 5.41) is 40.7. The van der Waals surface area contributed by atoms with Crippen LogP contribution in [0.25, 0.3) is 0 Å². The lowest BCUT2D eigenvalue weighted by Crippen LogP contribution is -2.54. The molecule has 34 heavy (non-hydrogen) atoms. The molecule has 5 unspecified atom stereocenters. The molecule has 0 rings (SSSR count). The third kappa shape index (κ3) is 14.9. The highest BCUT2D eigenvalue weighted by molar-refractivity contribution is 4.76. The Labute approximate surface area is 207 Å². The maximum Gasteiger partial charge on any atom is 0.311 e. The van der Waals surface area contributed by atoms with Crippen LogP contribution < -0.4 is 0 Å². The molecule has 0 spiro atoms. The Morgan fingerprint density at radius 3 is 1.32 bits per heavy atom. The van der Waals surface area contributed by atoms with E-state index in [1.807, 2.05) is 27.7 Å². The number of ether oxygens (including phenoxy) is 4. The van der Waals surface area contributed by atoms with Crippen LogP contribution in [0.1, 0.15) is 105 Å². The molecule has 0 fully saturated rings. The van der Waals surface area contributed by atoms with Gasteiger partial charge in [0.1, 0.15) is 6.10 Å². The van der Waals surface area contributed by atoms with Gasteiger partial charge >= 0.3 is 5.97 Å². The van der Waals surface area contributed by atoms with Gasteiger partial charge in [-0.2, -0.15) is 0 Å². The van der Waals surface area contributed by atoms with Gasteiger partial charge in [-0.3, -0.25) is 0 Å². The molecule has 0 radical (unpaired) electrons. The Hall–Kier alpha value is -0.320. The second-order valence-electron chi connectivity index (χ2n) is 9.16. The van der Waals surface area contributed by atoms with E-state index in [1.165, 1.54) is 19.3 Å². The second kappa shape index (κ2) is 20.8. The minimum absolute atomic E-state index is 0.0480. The Kier molecular flexibility index (Phi) is 20.6. The van der Waals surface area contributed by atoms with E-state index in [0.29, 0.717) is 32.1 Å². The number of aliphatic hydroxyl groups excluding tert-OH is 4. The number of rotatable bonds is 24. The first-order valence-electron chi connectivity index (χ1n) is 13.5. The van der Waals surface area contributed by atoms with Gasteiger partial charge in [0.25, 0.3) is 0 Å². The van der Waals surface area contributed by atoms with Gasteiger partial charge in [0.05, 0.1) is 50.8 Å². The molecule has 0 bridgehead atoms. The van der Waals surface area contributed by atoms with Crippen LogP contribution in [0.15, 0.2) is 0 Å². The molecule has 5 atom stereocenters. The van der Waals surface area contributed by atoms with Crippen LogP contribution in [0.2, 0.25) is 0 Å². The maximum absolute atomic E-state index is 10.2. The van der Waals surface area contributed by atoms with Gasteiger partial charge in [-0.15, -0.1) is 0 Å². The monoisotopic (exact) mass is 494 g/mol. The number of unbranched alkanes of at least 4 members (excludes halogenated alkanes) is 5. The predicted molar refractivity (Wildman–Crippen MR) is 134 cm³/mol. The first-order valence-corrected chi connectivity index (χ1v) is 13.5. The summed E-state index contributed by atoms with van der Waals surface area (Å²) in [6.45, 7) is 9.54. The molecule has 0 aliphatic carbocycles. The number of hydrogen-bond donors (Lipinski definition) is 4. The van der Waals surface area contributed by atoms with Gasteiger partial charge in [0.2, 0.25) is 0 Å². The van der Waals surface area contributed by atoms with Crippen molar-refractivity contribution in [2.24, 2.45) is 0 Å². The molecule has 0 saturated heterocycles. The molecule has 0 aromatic heterocycles. The average molecular weight is 495 g/mol. The third-order valence-corrected chi connectivity index (χ3v) is 6.02. The van der Waals surface area contributed by atoms with Crippen LogP contribution in [0.5, 0.6) is 0 Å². The minimum atomic E-state index is -1.72. The topological polar surface area (TPSA) is 118 Å². The molecule has 0 amide bonds. The quantitative estimate of drug-likeness (QED) is 0.118. The van der Waals surface area contributed by atoms with Gasteiger partial charge in [0, 0.05) is 0 Å². The van der Waals surface area contributed by atoms with Gasteiger partial charge in [0.15, 0.2) is 0 Å². The van der Waals surface area contributed by atoms with Crippen LogP contribution in [-0.4, -0.2) is 83.3 Å². The van der Waals surface area contributed by atoms with Crippen molar-refractivity contribution in [3.05, 3.63) is 0 Å². The Morgan fingerprint density at radius 2 is 0.912 bits per heavy atom. The highest BCUT2D eigenvalue weighted by Crippen LogP contribution is 2.29. The molecule has 4 N–H and O–H groups in total. The molecular weight excluding hydrogens is 440 g/mol. The van der Waals surface area contributed by atoms with Crippen molar-refractivity contribution >= 4 is 0 Å². The van der Waals surface area contributed by atoms with Crippen molar-refractivity contribution in [2.45, 2.75) is 142 Å². The third-order valence-electron chi connectivity index (χ3n) is 6.02. The largest absolute Gasteiger partial charge is 0.391 e. The van der Waals surface area contributed by atoms with E-state index in [4.69, 9.17) is 18.9 Å². The molecule has 8 nitrogen and oxygen atoms in total. The van der Waals surface area contributed by atoms with E-state index in [0.717, 1.165) is 19.3 Å². The fraction of sp³-hybridized carbons (Fsp3) is 1.00. The molecule has 0 saturated carbocycles. The summed E-state index contributed by atoms with van der Waals surface area (Å²) in [4.78, 5) is 0. The van der Waals surface area contributed by atoms with Crippen molar-refractivity contribution in [2.75, 3.05) is 26.4 Å². The van der Waals surface area contributed by atoms with E-state index >= 15 is 0 Å². The van der Waals surface area contributed by atoms with E-state index in [-0.39, 0.29) is 26.4 Å². The van der Waals surface area contributed by atoms with E-state index in [2.05, 4.69) is 6.92 Å². The zero-order valence-electron chi connectivity index (χ0n) is 22.4. The average Bonchev–Trinajstić information content (AvgIpc) is 2.86. The van der Waals surface area contributed by atoms with E-state index < -0.39 is 36.5 Å². The highest BCUT2D eigenvalue weighted by atomic mass is 16.9. The summed E-state index contributed by atoms with van der Waals surface area (Å²) in [6.07, 6.45) is 5.56. The Morgan fingerprint density at radius 1 is 0.529 bits per heavy atom. The van der Waals surface area contributed by atoms with Gasteiger partial charge in [-0.05, 0) is 32.1 Å². The lowest BCUT2D eigenvalue weighted by Gasteiger charge is -2.40. The molecule has 0 aliphatic heterocycles. The molecule has 8 heteroatoms. The lowest BCUT2D eigenvalue weighted by atomic mass is 10.1. The fourth-order valence-corrected chi connectivity index (χ4v) is 3.21. The summed E-state index contributed by atoms with van der Waals surface area (Å²) in [7, 11) is 0. The van der Waals surface area contributed by atoms with Crippen molar-refractivity contribution < 1.29 is 39.4 Å². The summed E-state index contributed by atoms with van der Waals surface area (Å²) in [6, 6.07) is 0. The smallest absolute Gasteiger partial charge is 0.311 e. The standard InChI is InChI=1S/C26H54O8/c1-6-11-12-13-14-15-16-25(31-17-21(27)7-2)26(32-18-22(28)8-3,33-19-23(29)9-4)34-20-24(30)10-5/h21-25,27-30H,6-20H2,1-5H3. The van der Waals surface area contributed by atoms with Gasteiger partial charge < -0.3 is 39.4 Å². The first kappa shape index (κ1) is 33.7. The van der Waals surface area contributed by atoms with Crippen LogP contribution in [-0.2, 0) is 18.9 Å². The Bertz CT molecular complexity index is 414. The normalized spacial score (nSPS) is 18.3. The van der Waals surface area contributed by atoms with E-state index in [1.54, 1.807) is 0 Å². The molecule has 0 heterocycles. The first-order chi connectivity index (χ1) is 16.3. The maximum atomic E-state index is 10.2. The van der Waals surface area contributed by atoms with Crippen LogP contribution in [0.4, 0.5) is 0 Å². The number of hydrogen-bond acceptors (Lipinski definition) is 8. The molecule has 206 valence electrons. The Balaban J connectivity index is 5.79. The highest BCUT2D eigenvalue weighted by Gasteiger charge is 2.45. The molecule has 0 aromatic rings. The van der Waals surface area contributed by atoms with Crippen LogP contribution >= 0.6 is 0 Å². The fourth-order valence-electron chi connectivity index (χ4n) is 3.21. The van der Waals surface area contributed by atoms with Crippen molar-refractivity contribution in [3.63, 3.8) is 0 Å². The second-order valence-corrected chi connectivity index (χ2v) is 9.16. The van der Waals surface area contributed by atoms with Crippen molar-refractivity contribution in [3.8, 4) is 0 Å². The molecule has 0 aromatic carbocycles. The van der Waals surface area contributed by atoms with Gasteiger partial charge in [-0.1, -0.05) is 73.1 Å². The van der Waals surface area contributed by atoms with E-state index in [9.17, 15) is 20.4 Å². The summed E-state index contributed by atoms with van der Waals surface area (Å²) in [5.74, 6) is -1.72. The number of aliphatic hydroxyl groups is 4.